The first-order valence-corrected chi connectivity index (χ1v) is 17.2. The van der Waals surface area contributed by atoms with Gasteiger partial charge in [0.15, 0.2) is 5.69 Å². The summed E-state index contributed by atoms with van der Waals surface area (Å²) in [4.78, 5) is 5.82. The lowest BCUT2D eigenvalue weighted by atomic mass is 10.1. The van der Waals surface area contributed by atoms with Gasteiger partial charge in [0.05, 0.1) is 71.6 Å². The summed E-state index contributed by atoms with van der Waals surface area (Å²) < 4.78 is 16.0. The second-order valence-electron chi connectivity index (χ2n) is 12.8. The minimum atomic E-state index is 0.560. The zero-order valence-corrected chi connectivity index (χ0v) is 29.0. The molecule has 53 heavy (non-hydrogen) atoms. The molecule has 252 valence electrons. The molecule has 9 aromatic rings. The number of para-hydroxylation sites is 2. The van der Waals surface area contributed by atoms with Crippen LogP contribution in [0.1, 0.15) is 5.56 Å². The van der Waals surface area contributed by atoms with Gasteiger partial charge >= 0.3 is 0 Å². The number of ether oxygens (including phenoxy) is 2. The number of hydrogen-bond donors (Lipinski definition) is 0. The lowest BCUT2D eigenvalue weighted by molar-refractivity contribution is 0.415. The van der Waals surface area contributed by atoms with Crippen LogP contribution in [-0.4, -0.2) is 23.4 Å². The topological polar surface area (TPSA) is 59.7 Å². The van der Waals surface area contributed by atoms with Crippen molar-refractivity contribution in [2.24, 2.45) is 0 Å². The molecule has 2 aromatic heterocycles. The van der Waals surface area contributed by atoms with Gasteiger partial charge in [-0.3, -0.25) is 0 Å². The summed E-state index contributed by atoms with van der Waals surface area (Å²) in [6.07, 6.45) is 0. The second-order valence-corrected chi connectivity index (χ2v) is 12.8. The number of anilines is 3. The Morgan fingerprint density at radius 1 is 0.528 bits per heavy atom. The van der Waals surface area contributed by atoms with Gasteiger partial charge in [0.1, 0.15) is 11.5 Å². The highest BCUT2D eigenvalue weighted by molar-refractivity contribution is 6.11. The van der Waals surface area contributed by atoms with Crippen molar-refractivity contribution in [2.75, 3.05) is 19.1 Å². The van der Waals surface area contributed by atoms with Crippen molar-refractivity contribution in [2.45, 2.75) is 0 Å². The SMILES string of the molecule is [C-]#[N+]c1ccc(N(c2ccc(C#N)cc2)c2cc(-n3c4ccccc4c4ccccc43)cc(-n3c4ccc(OC)cc4c4cc(OC)ccc43)c2)cc1. The van der Waals surface area contributed by atoms with E-state index in [9.17, 15) is 5.26 Å². The Labute approximate surface area is 306 Å². The Morgan fingerprint density at radius 3 is 1.47 bits per heavy atom. The minimum absolute atomic E-state index is 0.560. The molecular formula is C46H31N5O2. The summed E-state index contributed by atoms with van der Waals surface area (Å²) in [5, 5.41) is 14.1. The number of benzene rings is 7. The van der Waals surface area contributed by atoms with Crippen LogP contribution in [-0.2, 0) is 0 Å². The molecule has 0 amide bonds. The monoisotopic (exact) mass is 685 g/mol. The molecule has 9 rings (SSSR count). The quantitative estimate of drug-likeness (QED) is 0.157. The van der Waals surface area contributed by atoms with E-state index in [1.54, 1.807) is 14.2 Å². The van der Waals surface area contributed by atoms with Gasteiger partial charge in [0.25, 0.3) is 0 Å². The van der Waals surface area contributed by atoms with E-state index in [4.69, 9.17) is 16.0 Å². The van der Waals surface area contributed by atoms with Gasteiger partial charge in [-0.15, -0.1) is 0 Å². The fourth-order valence-electron chi connectivity index (χ4n) is 7.49. The van der Waals surface area contributed by atoms with Gasteiger partial charge in [-0.2, -0.15) is 5.26 Å². The van der Waals surface area contributed by atoms with Crippen LogP contribution >= 0.6 is 0 Å². The molecule has 0 unspecified atom stereocenters. The van der Waals surface area contributed by atoms with Crippen LogP contribution < -0.4 is 14.4 Å². The van der Waals surface area contributed by atoms with Crippen LogP contribution in [0.2, 0.25) is 0 Å². The average Bonchev–Trinajstić information content (AvgIpc) is 3.73. The maximum absolute atomic E-state index is 9.64. The molecule has 0 N–H and O–H groups in total. The molecule has 0 saturated heterocycles. The molecule has 7 heteroatoms. The van der Waals surface area contributed by atoms with Crippen LogP contribution in [0.3, 0.4) is 0 Å². The molecule has 7 nitrogen and oxygen atoms in total. The number of fused-ring (bicyclic) bond motifs is 6. The van der Waals surface area contributed by atoms with Crippen molar-refractivity contribution in [1.29, 1.82) is 5.26 Å². The van der Waals surface area contributed by atoms with Crippen LogP contribution in [0.15, 0.2) is 152 Å². The second kappa shape index (κ2) is 12.7. The Hall–Kier alpha value is -7.48. The van der Waals surface area contributed by atoms with E-state index in [0.29, 0.717) is 11.3 Å². The summed E-state index contributed by atoms with van der Waals surface area (Å²) in [6.45, 7) is 7.59. The third-order valence-corrected chi connectivity index (χ3v) is 9.91. The molecule has 7 aromatic carbocycles. The van der Waals surface area contributed by atoms with Gasteiger partial charge < -0.3 is 23.5 Å². The number of methoxy groups -OCH3 is 2. The van der Waals surface area contributed by atoms with Gasteiger partial charge in [-0.1, -0.05) is 48.5 Å². The van der Waals surface area contributed by atoms with Gasteiger partial charge in [-0.05, 0) is 103 Å². The Balaban J connectivity index is 1.40. The predicted molar refractivity (Wildman–Crippen MR) is 214 cm³/mol. The molecule has 0 radical (unpaired) electrons. The summed E-state index contributed by atoms with van der Waals surface area (Å²) >= 11 is 0. The smallest absolute Gasteiger partial charge is 0.187 e. The molecule has 0 spiro atoms. The van der Waals surface area contributed by atoms with E-state index in [1.165, 1.54) is 10.8 Å². The molecular weight excluding hydrogens is 655 g/mol. The summed E-state index contributed by atoms with van der Waals surface area (Å²) in [5.41, 5.74) is 9.95. The molecule has 0 fully saturated rings. The normalized spacial score (nSPS) is 11.2. The fraction of sp³-hybridized carbons (Fsp3) is 0.0435. The lowest BCUT2D eigenvalue weighted by Gasteiger charge is -2.27. The number of nitrogens with zero attached hydrogens (tertiary/aromatic N) is 5. The van der Waals surface area contributed by atoms with Crippen LogP contribution in [0.4, 0.5) is 22.7 Å². The first kappa shape index (κ1) is 31.5. The number of rotatable bonds is 7. The van der Waals surface area contributed by atoms with Crippen molar-refractivity contribution >= 4 is 66.4 Å². The van der Waals surface area contributed by atoms with Crippen molar-refractivity contribution < 1.29 is 9.47 Å². The highest BCUT2D eigenvalue weighted by Gasteiger charge is 2.21. The Bertz CT molecular complexity index is 2770. The van der Waals surface area contributed by atoms with Crippen LogP contribution in [0.25, 0.3) is 59.8 Å². The third-order valence-electron chi connectivity index (χ3n) is 9.91. The lowest BCUT2D eigenvalue weighted by Crippen LogP contribution is -2.11. The summed E-state index contributed by atoms with van der Waals surface area (Å²) in [5.74, 6) is 1.54. The highest BCUT2D eigenvalue weighted by Crippen LogP contribution is 2.42. The number of hydrogen-bond acceptors (Lipinski definition) is 4. The summed E-state index contributed by atoms with van der Waals surface area (Å²) in [7, 11) is 3.37. The molecule has 0 aliphatic heterocycles. The molecule has 0 saturated carbocycles. The van der Waals surface area contributed by atoms with Crippen molar-refractivity contribution in [3.05, 3.63) is 169 Å². The first-order valence-electron chi connectivity index (χ1n) is 17.2. The molecule has 0 atom stereocenters. The summed E-state index contributed by atoms with van der Waals surface area (Å²) in [6, 6.07) is 53.5. The van der Waals surface area contributed by atoms with Gasteiger partial charge in [0.2, 0.25) is 0 Å². The van der Waals surface area contributed by atoms with Gasteiger partial charge in [-0.25, -0.2) is 4.85 Å². The van der Waals surface area contributed by atoms with E-state index in [2.05, 4.69) is 116 Å². The molecule has 2 heterocycles. The van der Waals surface area contributed by atoms with Crippen molar-refractivity contribution in [3.8, 4) is 28.9 Å². The third kappa shape index (κ3) is 5.19. The highest BCUT2D eigenvalue weighted by atomic mass is 16.5. The van der Waals surface area contributed by atoms with Crippen molar-refractivity contribution in [3.63, 3.8) is 0 Å². The molecule has 0 aliphatic carbocycles. The predicted octanol–water partition coefficient (Wildman–Crippen LogP) is 11.8. The standard InChI is InChI=1S/C46H31N5O2/c1-48-31-14-18-33(19-15-31)49(32-16-12-30(29-47)13-17-32)34-24-35(50-43-10-6-4-8-39(43)40-9-5-7-11-44(40)50)26-36(25-34)51-45-22-20-37(52-2)27-41(45)42-28-38(53-3)21-23-46(42)51/h4-28H,2-3H3. The Kier molecular flexibility index (Phi) is 7.54. The maximum Gasteiger partial charge on any atom is 0.187 e. The number of aromatic nitrogens is 2. The average molecular weight is 686 g/mol. The fourth-order valence-corrected chi connectivity index (χ4v) is 7.49. The Morgan fingerprint density at radius 2 is 1.00 bits per heavy atom. The zero-order chi connectivity index (χ0) is 36.1. The minimum Gasteiger partial charge on any atom is -0.497 e. The largest absolute Gasteiger partial charge is 0.497 e. The van der Waals surface area contributed by atoms with E-state index in [-0.39, 0.29) is 0 Å². The molecule has 0 bridgehead atoms. The van der Waals surface area contributed by atoms with E-state index < -0.39 is 0 Å². The van der Waals surface area contributed by atoms with E-state index >= 15 is 0 Å². The van der Waals surface area contributed by atoms with Crippen LogP contribution in [0.5, 0.6) is 11.5 Å². The molecule has 0 aliphatic rings. The first-order chi connectivity index (χ1) is 26.1. The van der Waals surface area contributed by atoms with E-state index in [1.807, 2.05) is 60.7 Å². The number of nitriles is 1. The zero-order valence-electron chi connectivity index (χ0n) is 29.0. The van der Waals surface area contributed by atoms with E-state index in [0.717, 1.165) is 72.8 Å². The maximum atomic E-state index is 9.64. The van der Waals surface area contributed by atoms with Crippen molar-refractivity contribution in [1.82, 2.24) is 9.13 Å². The van der Waals surface area contributed by atoms with Gasteiger partial charge in [0, 0.05) is 32.9 Å². The van der Waals surface area contributed by atoms with Crippen LogP contribution in [0, 0.1) is 17.9 Å².